The van der Waals surface area contributed by atoms with Gasteiger partial charge in [-0.25, -0.2) is 15.1 Å². The molecule has 0 spiro atoms. The van der Waals surface area contributed by atoms with Crippen LogP contribution in [-0.4, -0.2) is 66.3 Å². The largest absolute Gasteiger partial charge is 0.497 e. The Labute approximate surface area is 227 Å². The summed E-state index contributed by atoms with van der Waals surface area (Å²) in [5.41, 5.74) is 7.20. The molecule has 39 heavy (non-hydrogen) atoms. The van der Waals surface area contributed by atoms with Crippen LogP contribution in [0.5, 0.6) is 5.75 Å². The predicted octanol–water partition coefficient (Wildman–Crippen LogP) is 4.01. The van der Waals surface area contributed by atoms with E-state index < -0.39 is 6.29 Å². The topological polar surface area (TPSA) is 102 Å². The molecule has 2 aliphatic heterocycles. The number of rotatable bonds is 7. The van der Waals surface area contributed by atoms with Crippen LogP contribution < -0.4 is 10.2 Å². The number of carbonyl (C=O) groups excluding carboxylic acids is 3. The molecule has 0 saturated carbocycles. The van der Waals surface area contributed by atoms with E-state index in [1.165, 1.54) is 12.6 Å². The van der Waals surface area contributed by atoms with Crippen LogP contribution >= 0.6 is 0 Å². The zero-order valence-corrected chi connectivity index (χ0v) is 22.5. The molecular formula is C29H34N4O6. The number of ether oxygens (including phenoxy) is 2. The Morgan fingerprint density at radius 2 is 1.97 bits per heavy atom. The Morgan fingerprint density at radius 1 is 1.18 bits per heavy atom. The fourth-order valence-corrected chi connectivity index (χ4v) is 5.44. The first-order valence-corrected chi connectivity index (χ1v) is 13.2. The van der Waals surface area contributed by atoms with Crippen LogP contribution in [0.2, 0.25) is 0 Å². The number of imide groups is 1. The van der Waals surface area contributed by atoms with Crippen molar-refractivity contribution < 1.29 is 28.7 Å². The molecule has 2 atom stereocenters. The number of carbonyl (C=O) groups is 3. The van der Waals surface area contributed by atoms with Crippen molar-refractivity contribution in [3.8, 4) is 5.75 Å². The van der Waals surface area contributed by atoms with Crippen molar-refractivity contribution in [3.63, 3.8) is 0 Å². The van der Waals surface area contributed by atoms with Crippen molar-refractivity contribution in [2.24, 2.45) is 0 Å². The maximum absolute atomic E-state index is 12.9. The maximum atomic E-state index is 12.9. The Bertz CT molecular complexity index is 1360. The third kappa shape index (κ3) is 5.48. The number of hydroxylamine groups is 1. The number of hydrogen-bond donors (Lipinski definition) is 1. The molecule has 2 aromatic carbocycles. The number of nitrogens with one attached hydrogen (secondary N) is 1. The summed E-state index contributed by atoms with van der Waals surface area (Å²) in [7, 11) is 3.11. The number of nitrogens with zero attached hydrogens (tertiary/aromatic N) is 3. The predicted molar refractivity (Wildman–Crippen MR) is 144 cm³/mol. The highest BCUT2D eigenvalue weighted by atomic mass is 16.8. The average molecular weight is 535 g/mol. The minimum Gasteiger partial charge on any atom is -0.497 e. The molecule has 1 saturated heterocycles. The van der Waals surface area contributed by atoms with Crippen LogP contribution in [0.4, 0.5) is 4.79 Å². The van der Waals surface area contributed by atoms with Gasteiger partial charge in [-0.05, 0) is 48.2 Å². The highest BCUT2D eigenvalue weighted by Gasteiger charge is 2.32. The first-order chi connectivity index (χ1) is 18.9. The van der Waals surface area contributed by atoms with Crippen LogP contribution in [0.15, 0.2) is 42.5 Å². The van der Waals surface area contributed by atoms with Crippen LogP contribution in [0.25, 0.3) is 10.9 Å². The third-order valence-electron chi connectivity index (χ3n) is 7.46. The zero-order valence-electron chi connectivity index (χ0n) is 22.5. The summed E-state index contributed by atoms with van der Waals surface area (Å²) in [6.07, 6.45) is 2.90. The zero-order chi connectivity index (χ0) is 27.5. The van der Waals surface area contributed by atoms with E-state index in [2.05, 4.69) is 23.0 Å². The van der Waals surface area contributed by atoms with E-state index in [1.807, 2.05) is 24.3 Å². The smallest absolute Gasteiger partial charge is 0.326 e. The molecule has 1 N–H and O–H groups in total. The molecule has 0 aliphatic carbocycles. The normalized spacial score (nSPS) is 18.9. The molecule has 0 bridgehead atoms. The van der Waals surface area contributed by atoms with Crippen molar-refractivity contribution in [1.82, 2.24) is 19.8 Å². The lowest BCUT2D eigenvalue weighted by atomic mass is 9.93. The molecule has 10 heteroatoms. The van der Waals surface area contributed by atoms with Gasteiger partial charge in [0.2, 0.25) is 6.41 Å². The van der Waals surface area contributed by atoms with Crippen molar-refractivity contribution in [2.45, 2.75) is 51.5 Å². The quantitative estimate of drug-likeness (QED) is 0.363. The van der Waals surface area contributed by atoms with Gasteiger partial charge in [-0.2, -0.15) is 0 Å². The van der Waals surface area contributed by atoms with Crippen LogP contribution in [0.3, 0.4) is 0 Å². The molecule has 3 aromatic rings. The number of urea groups is 1. The van der Waals surface area contributed by atoms with Gasteiger partial charge in [0.1, 0.15) is 5.75 Å². The van der Waals surface area contributed by atoms with E-state index in [9.17, 15) is 14.4 Å². The molecule has 2 aliphatic rings. The van der Waals surface area contributed by atoms with E-state index in [0.29, 0.717) is 38.2 Å². The fraction of sp³-hybridized carbons (Fsp3) is 0.414. The summed E-state index contributed by atoms with van der Waals surface area (Å²) in [6, 6.07) is 13.1. The summed E-state index contributed by atoms with van der Waals surface area (Å²) in [4.78, 5) is 44.9. The van der Waals surface area contributed by atoms with E-state index >= 15 is 0 Å². The first kappa shape index (κ1) is 26.7. The lowest BCUT2D eigenvalue weighted by Gasteiger charge is -2.33. The van der Waals surface area contributed by atoms with E-state index in [0.717, 1.165) is 52.1 Å². The number of amides is 4. The SMILES string of the molecule is COc1ccc2c3c(n(Cc4ccc(C(=O)NOC5CCCCO5)cc4)c2c1)CN(C(=O)N(C)C=O)CC3C. The Balaban J connectivity index is 1.41. The van der Waals surface area contributed by atoms with Crippen molar-refractivity contribution >= 4 is 29.3 Å². The van der Waals surface area contributed by atoms with Gasteiger partial charge in [-0.15, -0.1) is 0 Å². The van der Waals surface area contributed by atoms with Crippen LogP contribution in [-0.2, 0) is 27.5 Å². The van der Waals surface area contributed by atoms with Crippen molar-refractivity contribution in [2.75, 3.05) is 27.3 Å². The second-order valence-electron chi connectivity index (χ2n) is 10.2. The summed E-state index contributed by atoms with van der Waals surface area (Å²) in [6.45, 7) is 4.17. The number of hydrogen-bond acceptors (Lipinski definition) is 6. The molecule has 0 radical (unpaired) electrons. The molecule has 3 heterocycles. The number of benzene rings is 2. The Kier molecular flexibility index (Phi) is 7.85. The Morgan fingerprint density at radius 3 is 2.67 bits per heavy atom. The monoisotopic (exact) mass is 534 g/mol. The minimum atomic E-state index is -0.410. The summed E-state index contributed by atoms with van der Waals surface area (Å²) >= 11 is 0. The first-order valence-electron chi connectivity index (χ1n) is 13.2. The number of methoxy groups -OCH3 is 1. The van der Waals surface area contributed by atoms with E-state index in [-0.39, 0.29) is 17.9 Å². The maximum Gasteiger partial charge on any atom is 0.326 e. The molecule has 4 amide bonds. The van der Waals surface area contributed by atoms with Gasteiger partial charge in [0, 0.05) is 61.8 Å². The van der Waals surface area contributed by atoms with E-state index in [1.54, 1.807) is 24.1 Å². The molecule has 206 valence electrons. The van der Waals surface area contributed by atoms with Gasteiger partial charge < -0.3 is 18.9 Å². The third-order valence-corrected chi connectivity index (χ3v) is 7.46. The fourth-order valence-electron chi connectivity index (χ4n) is 5.44. The van der Waals surface area contributed by atoms with Crippen molar-refractivity contribution in [3.05, 3.63) is 64.8 Å². The standard InChI is InChI=1S/C29H34N4O6/c1-19-15-32(29(36)31(2)18-34)17-25-27(19)23-12-11-22(37-3)14-24(23)33(25)16-20-7-9-21(10-8-20)28(35)30-39-26-6-4-5-13-38-26/h7-12,14,18-19,26H,4-6,13,15-17H2,1-3H3,(H,30,35). The second-order valence-corrected chi connectivity index (χ2v) is 10.2. The molecule has 5 rings (SSSR count). The summed E-state index contributed by atoms with van der Waals surface area (Å²) < 4.78 is 13.2. The highest BCUT2D eigenvalue weighted by Crippen LogP contribution is 2.39. The molecule has 2 unspecified atom stereocenters. The van der Waals surface area contributed by atoms with Gasteiger partial charge in [-0.1, -0.05) is 19.1 Å². The minimum absolute atomic E-state index is 0.0779. The Hall–Kier alpha value is -3.89. The van der Waals surface area contributed by atoms with Gasteiger partial charge in [-0.3, -0.25) is 14.5 Å². The van der Waals surface area contributed by atoms with E-state index in [4.69, 9.17) is 14.3 Å². The van der Waals surface area contributed by atoms with Crippen LogP contribution in [0.1, 0.15) is 59.3 Å². The average Bonchev–Trinajstić information content (AvgIpc) is 3.28. The summed E-state index contributed by atoms with van der Waals surface area (Å²) in [5.74, 6) is 0.495. The van der Waals surface area contributed by atoms with Crippen LogP contribution in [0, 0.1) is 0 Å². The summed E-state index contributed by atoms with van der Waals surface area (Å²) in [5, 5.41) is 1.12. The van der Waals surface area contributed by atoms with Crippen molar-refractivity contribution in [1.29, 1.82) is 0 Å². The highest BCUT2D eigenvalue weighted by molar-refractivity contribution is 5.93. The van der Waals surface area contributed by atoms with Gasteiger partial charge in [0.25, 0.3) is 5.91 Å². The lowest BCUT2D eigenvalue weighted by Crippen LogP contribution is -2.44. The molecule has 1 fully saturated rings. The van der Waals surface area contributed by atoms with Gasteiger partial charge in [0.15, 0.2) is 6.29 Å². The number of fused-ring (bicyclic) bond motifs is 3. The lowest BCUT2D eigenvalue weighted by molar-refractivity contribution is -0.186. The molecule has 1 aromatic heterocycles. The molecule has 10 nitrogen and oxygen atoms in total. The van der Waals surface area contributed by atoms with Gasteiger partial charge in [0.05, 0.1) is 19.2 Å². The van der Waals surface area contributed by atoms with Gasteiger partial charge >= 0.3 is 6.03 Å². The number of aromatic nitrogens is 1. The molecular weight excluding hydrogens is 500 g/mol. The second kappa shape index (κ2) is 11.5.